The van der Waals surface area contributed by atoms with E-state index in [9.17, 15) is 9.59 Å². The lowest BCUT2D eigenvalue weighted by molar-refractivity contribution is -0.113. The van der Waals surface area contributed by atoms with E-state index < -0.39 is 0 Å². The molecular formula is C14H20ClN3O2S. The summed E-state index contributed by atoms with van der Waals surface area (Å²) in [5.41, 5.74) is 1.30. The van der Waals surface area contributed by atoms with Crippen molar-refractivity contribution in [1.29, 1.82) is 0 Å². The average Bonchev–Trinajstić information content (AvgIpc) is 2.46. The number of anilines is 1. The molecule has 7 heteroatoms. The first-order valence-electron chi connectivity index (χ1n) is 6.76. The Kier molecular flexibility index (Phi) is 7.56. The number of carbonyl (C=O) groups is 2. The molecule has 0 saturated carbocycles. The number of hydrogen-bond acceptors (Lipinski definition) is 4. The average molecular weight is 330 g/mol. The van der Waals surface area contributed by atoms with Crippen molar-refractivity contribution in [2.24, 2.45) is 0 Å². The van der Waals surface area contributed by atoms with Crippen molar-refractivity contribution in [3.8, 4) is 0 Å². The summed E-state index contributed by atoms with van der Waals surface area (Å²) in [4.78, 5) is 24.3. The molecule has 1 heterocycles. The number of rotatable bonds is 6. The maximum Gasteiger partial charge on any atom is 0.251 e. The maximum absolute atomic E-state index is 12.0. The zero-order valence-electron chi connectivity index (χ0n) is 11.9. The molecule has 5 nitrogen and oxygen atoms in total. The van der Waals surface area contributed by atoms with Crippen molar-refractivity contribution in [2.75, 3.05) is 30.7 Å². The summed E-state index contributed by atoms with van der Waals surface area (Å²) in [7, 11) is 0. The number of nitrogens with one attached hydrogen (secondary N) is 3. The minimum atomic E-state index is -0.115. The molecular weight excluding hydrogens is 310 g/mol. The predicted octanol–water partition coefficient (Wildman–Crippen LogP) is 1.88. The van der Waals surface area contributed by atoms with Gasteiger partial charge in [0.15, 0.2) is 0 Å². The standard InChI is InChI=1S/C14H19N3O2S.ClH/c1-2-5-15-6-7-16-14(19)10-3-4-12-11(8-10)17-13(18)9-20-12;/h3-4,8,15H,2,5-7,9H2,1H3,(H,16,19)(H,17,18);1H. The van der Waals surface area contributed by atoms with E-state index in [1.807, 2.05) is 6.07 Å². The first-order valence-corrected chi connectivity index (χ1v) is 7.75. The topological polar surface area (TPSA) is 70.2 Å². The Morgan fingerprint density at radius 1 is 1.33 bits per heavy atom. The molecule has 0 bridgehead atoms. The van der Waals surface area contributed by atoms with Crippen molar-refractivity contribution >= 4 is 41.7 Å². The van der Waals surface area contributed by atoms with Crippen LogP contribution in [0.25, 0.3) is 0 Å². The van der Waals surface area contributed by atoms with Crippen LogP contribution in [0.5, 0.6) is 0 Å². The molecule has 0 radical (unpaired) electrons. The summed E-state index contributed by atoms with van der Waals surface area (Å²) in [6.45, 7) is 4.41. The Bertz CT molecular complexity index is 511. The van der Waals surface area contributed by atoms with Gasteiger partial charge < -0.3 is 16.0 Å². The zero-order chi connectivity index (χ0) is 14.4. The highest BCUT2D eigenvalue weighted by atomic mass is 35.5. The van der Waals surface area contributed by atoms with Crippen LogP contribution in [-0.2, 0) is 4.79 Å². The Morgan fingerprint density at radius 3 is 2.90 bits per heavy atom. The third-order valence-electron chi connectivity index (χ3n) is 2.89. The third-order valence-corrected chi connectivity index (χ3v) is 3.96. The highest BCUT2D eigenvalue weighted by Gasteiger charge is 2.17. The first kappa shape index (κ1) is 17.8. The summed E-state index contributed by atoms with van der Waals surface area (Å²) < 4.78 is 0. The molecule has 0 spiro atoms. The van der Waals surface area contributed by atoms with Crippen LogP contribution in [0.2, 0.25) is 0 Å². The minimum absolute atomic E-state index is 0. The molecule has 1 aromatic carbocycles. The summed E-state index contributed by atoms with van der Waals surface area (Å²) in [5.74, 6) is 0.293. The van der Waals surface area contributed by atoms with Crippen molar-refractivity contribution in [1.82, 2.24) is 10.6 Å². The number of fused-ring (bicyclic) bond motifs is 1. The van der Waals surface area contributed by atoms with Crippen LogP contribution in [-0.4, -0.2) is 37.2 Å². The molecule has 0 fully saturated rings. The highest BCUT2D eigenvalue weighted by Crippen LogP contribution is 2.31. The van der Waals surface area contributed by atoms with E-state index in [1.165, 1.54) is 11.8 Å². The lowest BCUT2D eigenvalue weighted by atomic mass is 10.2. The fourth-order valence-electron chi connectivity index (χ4n) is 1.89. The first-order chi connectivity index (χ1) is 9.70. The second-order valence-electron chi connectivity index (χ2n) is 4.55. The van der Waals surface area contributed by atoms with E-state index in [4.69, 9.17) is 0 Å². The van der Waals surface area contributed by atoms with Crippen molar-refractivity contribution in [2.45, 2.75) is 18.2 Å². The van der Waals surface area contributed by atoms with E-state index >= 15 is 0 Å². The van der Waals surface area contributed by atoms with Gasteiger partial charge in [-0.3, -0.25) is 9.59 Å². The molecule has 0 unspecified atom stereocenters. The Labute approximate surface area is 135 Å². The van der Waals surface area contributed by atoms with Gasteiger partial charge in [0.25, 0.3) is 5.91 Å². The molecule has 0 aliphatic carbocycles. The molecule has 0 aromatic heterocycles. The lowest BCUT2D eigenvalue weighted by Crippen LogP contribution is -2.32. The minimum Gasteiger partial charge on any atom is -0.351 e. The van der Waals surface area contributed by atoms with Crippen LogP contribution >= 0.6 is 24.2 Å². The number of carbonyl (C=O) groups excluding carboxylic acids is 2. The van der Waals surface area contributed by atoms with Gasteiger partial charge in [-0.1, -0.05) is 6.92 Å². The van der Waals surface area contributed by atoms with Gasteiger partial charge in [-0.2, -0.15) is 0 Å². The second-order valence-corrected chi connectivity index (χ2v) is 5.57. The number of amides is 2. The van der Waals surface area contributed by atoms with E-state index in [0.717, 1.165) is 30.1 Å². The largest absolute Gasteiger partial charge is 0.351 e. The van der Waals surface area contributed by atoms with E-state index in [0.29, 0.717) is 17.9 Å². The molecule has 116 valence electrons. The van der Waals surface area contributed by atoms with E-state index in [1.54, 1.807) is 12.1 Å². The van der Waals surface area contributed by atoms with Crippen LogP contribution in [0.1, 0.15) is 23.7 Å². The lowest BCUT2D eigenvalue weighted by Gasteiger charge is -2.17. The molecule has 0 saturated heterocycles. The third kappa shape index (κ3) is 5.22. The Morgan fingerprint density at radius 2 is 2.14 bits per heavy atom. The fraction of sp³-hybridized carbons (Fsp3) is 0.429. The molecule has 21 heavy (non-hydrogen) atoms. The van der Waals surface area contributed by atoms with E-state index in [2.05, 4.69) is 22.9 Å². The van der Waals surface area contributed by atoms with Gasteiger partial charge in [-0.25, -0.2) is 0 Å². The number of thioether (sulfide) groups is 1. The van der Waals surface area contributed by atoms with Crippen molar-refractivity contribution in [3.63, 3.8) is 0 Å². The van der Waals surface area contributed by atoms with Crippen molar-refractivity contribution in [3.05, 3.63) is 23.8 Å². The van der Waals surface area contributed by atoms with Crippen LogP contribution < -0.4 is 16.0 Å². The van der Waals surface area contributed by atoms with Crippen LogP contribution in [0, 0.1) is 0 Å². The maximum atomic E-state index is 12.0. The van der Waals surface area contributed by atoms with Crippen LogP contribution in [0.4, 0.5) is 5.69 Å². The summed E-state index contributed by atoms with van der Waals surface area (Å²) in [6.07, 6.45) is 1.08. The smallest absolute Gasteiger partial charge is 0.251 e. The van der Waals surface area contributed by atoms with Crippen LogP contribution in [0.15, 0.2) is 23.1 Å². The predicted molar refractivity (Wildman–Crippen MR) is 88.5 cm³/mol. The van der Waals surface area contributed by atoms with E-state index in [-0.39, 0.29) is 24.2 Å². The fourth-order valence-corrected chi connectivity index (χ4v) is 2.68. The quantitative estimate of drug-likeness (QED) is 0.697. The molecule has 0 atom stereocenters. The number of benzene rings is 1. The second kappa shape index (κ2) is 8.92. The van der Waals surface area contributed by atoms with Crippen LogP contribution in [0.3, 0.4) is 0 Å². The van der Waals surface area contributed by atoms with Crippen molar-refractivity contribution < 1.29 is 9.59 Å². The summed E-state index contributed by atoms with van der Waals surface area (Å²) >= 11 is 1.49. The normalized spacial score (nSPS) is 12.9. The van der Waals surface area contributed by atoms with Gasteiger partial charge in [-0.15, -0.1) is 24.2 Å². The van der Waals surface area contributed by atoms with Gasteiger partial charge in [0, 0.05) is 23.5 Å². The molecule has 1 aromatic rings. The van der Waals surface area contributed by atoms with Gasteiger partial charge >= 0.3 is 0 Å². The molecule has 2 amide bonds. The Hall–Kier alpha value is -1.24. The van der Waals surface area contributed by atoms with Gasteiger partial charge in [-0.05, 0) is 31.2 Å². The SMILES string of the molecule is CCCNCCNC(=O)c1ccc2c(c1)NC(=O)CS2.Cl. The number of halogens is 1. The molecule has 1 aliphatic rings. The number of hydrogen-bond donors (Lipinski definition) is 3. The summed E-state index contributed by atoms with van der Waals surface area (Å²) in [5, 5.41) is 8.86. The molecule has 2 rings (SSSR count). The Balaban J connectivity index is 0.00000220. The van der Waals surface area contributed by atoms with Gasteiger partial charge in [0.05, 0.1) is 11.4 Å². The van der Waals surface area contributed by atoms with Gasteiger partial charge in [0.1, 0.15) is 0 Å². The highest BCUT2D eigenvalue weighted by molar-refractivity contribution is 8.00. The summed E-state index contributed by atoms with van der Waals surface area (Å²) in [6, 6.07) is 5.40. The zero-order valence-corrected chi connectivity index (χ0v) is 13.5. The molecule has 1 aliphatic heterocycles. The monoisotopic (exact) mass is 329 g/mol. The molecule has 3 N–H and O–H groups in total. The van der Waals surface area contributed by atoms with Gasteiger partial charge in [0.2, 0.25) is 5.91 Å².